The summed E-state index contributed by atoms with van der Waals surface area (Å²) in [5, 5.41) is 0. The lowest BCUT2D eigenvalue weighted by Gasteiger charge is -2.29. The summed E-state index contributed by atoms with van der Waals surface area (Å²) in [7, 11) is 0. The van der Waals surface area contributed by atoms with E-state index in [1.165, 1.54) is 43.2 Å². The summed E-state index contributed by atoms with van der Waals surface area (Å²) in [6, 6.07) is 7.12. The van der Waals surface area contributed by atoms with Crippen LogP contribution in [0.5, 0.6) is 5.75 Å². The Hall–Kier alpha value is -1.06. The van der Waals surface area contributed by atoms with E-state index in [4.69, 9.17) is 10.6 Å². The molecule has 3 heteroatoms. The molecule has 0 aromatic heterocycles. The van der Waals surface area contributed by atoms with E-state index in [9.17, 15) is 0 Å². The second-order valence-corrected chi connectivity index (χ2v) is 6.25. The van der Waals surface area contributed by atoms with E-state index in [2.05, 4.69) is 23.6 Å². The molecular formula is C17H26N2O. The van der Waals surface area contributed by atoms with E-state index < -0.39 is 0 Å². The lowest BCUT2D eigenvalue weighted by molar-refractivity contribution is 0.260. The number of hydrazine groups is 1. The minimum absolute atomic E-state index is 0.472. The van der Waals surface area contributed by atoms with Crippen molar-refractivity contribution in [3.05, 3.63) is 29.3 Å². The highest BCUT2D eigenvalue weighted by molar-refractivity contribution is 5.39. The molecule has 0 bridgehead atoms. The highest BCUT2D eigenvalue weighted by Crippen LogP contribution is 2.29. The van der Waals surface area contributed by atoms with Crippen molar-refractivity contribution in [3.8, 4) is 5.75 Å². The average molecular weight is 274 g/mol. The van der Waals surface area contributed by atoms with E-state index in [-0.39, 0.29) is 0 Å². The van der Waals surface area contributed by atoms with Gasteiger partial charge >= 0.3 is 0 Å². The van der Waals surface area contributed by atoms with Gasteiger partial charge in [-0.05, 0) is 48.8 Å². The van der Waals surface area contributed by atoms with Gasteiger partial charge in [0.2, 0.25) is 0 Å². The highest BCUT2D eigenvalue weighted by atomic mass is 16.5. The minimum Gasteiger partial charge on any atom is -0.493 e. The second-order valence-electron chi connectivity index (χ2n) is 6.25. The number of ether oxygens (including phenoxy) is 1. The van der Waals surface area contributed by atoms with Crippen LogP contribution in [0.3, 0.4) is 0 Å². The molecule has 1 aliphatic carbocycles. The summed E-state index contributed by atoms with van der Waals surface area (Å²) in [5.74, 6) is 7.64. The Kier molecular flexibility index (Phi) is 4.58. The summed E-state index contributed by atoms with van der Waals surface area (Å²) in [4.78, 5) is 0. The van der Waals surface area contributed by atoms with E-state index in [1.54, 1.807) is 0 Å². The smallest absolute Gasteiger partial charge is 0.122 e. The number of hydrogen-bond donors (Lipinski definition) is 2. The lowest BCUT2D eigenvalue weighted by atomic mass is 9.82. The Labute approximate surface area is 121 Å². The average Bonchev–Trinajstić information content (AvgIpc) is 2.96. The molecule has 3 N–H and O–H groups in total. The molecule has 1 aromatic carbocycles. The van der Waals surface area contributed by atoms with Gasteiger partial charge in [-0.3, -0.25) is 11.3 Å². The first-order chi connectivity index (χ1) is 9.86. The minimum atomic E-state index is 0.472. The Balaban J connectivity index is 1.57. The maximum atomic E-state index is 5.79. The largest absolute Gasteiger partial charge is 0.493 e. The first-order valence-electron chi connectivity index (χ1n) is 8.07. The predicted octanol–water partition coefficient (Wildman–Crippen LogP) is 2.97. The van der Waals surface area contributed by atoms with Crippen molar-refractivity contribution in [2.75, 3.05) is 6.61 Å². The molecule has 0 spiro atoms. The van der Waals surface area contributed by atoms with Crippen LogP contribution in [0.1, 0.15) is 49.7 Å². The summed E-state index contributed by atoms with van der Waals surface area (Å²) >= 11 is 0. The normalized spacial score (nSPS) is 20.4. The molecule has 0 saturated heterocycles. The van der Waals surface area contributed by atoms with Crippen molar-refractivity contribution in [2.45, 2.75) is 57.4 Å². The molecule has 1 aliphatic heterocycles. The van der Waals surface area contributed by atoms with Crippen molar-refractivity contribution >= 4 is 0 Å². The quantitative estimate of drug-likeness (QED) is 0.641. The van der Waals surface area contributed by atoms with Crippen molar-refractivity contribution < 1.29 is 4.74 Å². The van der Waals surface area contributed by atoms with Crippen molar-refractivity contribution in [1.82, 2.24) is 5.43 Å². The van der Waals surface area contributed by atoms with Gasteiger partial charge < -0.3 is 4.74 Å². The van der Waals surface area contributed by atoms with Crippen molar-refractivity contribution in [2.24, 2.45) is 11.8 Å². The van der Waals surface area contributed by atoms with Crippen LogP contribution in [-0.2, 0) is 12.8 Å². The van der Waals surface area contributed by atoms with Crippen LogP contribution in [0, 0.1) is 5.92 Å². The monoisotopic (exact) mass is 274 g/mol. The van der Waals surface area contributed by atoms with E-state index in [0.29, 0.717) is 6.04 Å². The number of nitrogens with two attached hydrogens (primary N) is 1. The molecule has 3 rings (SSSR count). The fourth-order valence-electron chi connectivity index (χ4n) is 3.71. The SMILES string of the molecule is NNC(CCc1ccc2c(c1)CCO2)C1CCCCC1. The predicted molar refractivity (Wildman–Crippen MR) is 81.6 cm³/mol. The van der Waals surface area contributed by atoms with Crippen molar-refractivity contribution in [3.63, 3.8) is 0 Å². The summed E-state index contributed by atoms with van der Waals surface area (Å²) in [6.45, 7) is 0.841. The van der Waals surface area contributed by atoms with Crippen LogP contribution in [0.15, 0.2) is 18.2 Å². The summed E-state index contributed by atoms with van der Waals surface area (Å²) < 4.78 is 5.56. The molecule has 1 unspecified atom stereocenters. The van der Waals surface area contributed by atoms with Gasteiger partial charge in [0.05, 0.1) is 6.61 Å². The van der Waals surface area contributed by atoms with E-state index in [1.807, 2.05) is 0 Å². The summed E-state index contributed by atoms with van der Waals surface area (Å²) in [6.07, 6.45) is 10.1. The van der Waals surface area contributed by atoms with Crippen LogP contribution < -0.4 is 16.0 Å². The molecule has 3 nitrogen and oxygen atoms in total. The Morgan fingerprint density at radius 3 is 2.90 bits per heavy atom. The number of hydrogen-bond acceptors (Lipinski definition) is 3. The Morgan fingerprint density at radius 2 is 2.10 bits per heavy atom. The molecular weight excluding hydrogens is 248 g/mol. The Morgan fingerprint density at radius 1 is 1.25 bits per heavy atom. The van der Waals surface area contributed by atoms with Crippen LogP contribution in [-0.4, -0.2) is 12.6 Å². The number of nitrogens with one attached hydrogen (secondary N) is 1. The topological polar surface area (TPSA) is 47.3 Å². The maximum Gasteiger partial charge on any atom is 0.122 e. The Bertz CT molecular complexity index is 441. The number of fused-ring (bicyclic) bond motifs is 1. The van der Waals surface area contributed by atoms with Gasteiger partial charge in [0.25, 0.3) is 0 Å². The first kappa shape index (κ1) is 13.9. The third-order valence-electron chi connectivity index (χ3n) is 4.93. The third kappa shape index (κ3) is 3.15. The van der Waals surface area contributed by atoms with Crippen LogP contribution in [0.25, 0.3) is 0 Å². The van der Waals surface area contributed by atoms with Gasteiger partial charge in [-0.2, -0.15) is 0 Å². The third-order valence-corrected chi connectivity index (χ3v) is 4.93. The molecule has 0 amide bonds. The molecule has 20 heavy (non-hydrogen) atoms. The standard InChI is InChI=1S/C17H26N2O/c18-19-16(14-4-2-1-3-5-14)8-6-13-7-9-17-15(12-13)10-11-20-17/h7,9,12,14,16,19H,1-6,8,10-11,18H2. The zero-order valence-corrected chi connectivity index (χ0v) is 12.2. The van der Waals surface area contributed by atoms with Crippen LogP contribution in [0.2, 0.25) is 0 Å². The molecule has 2 aliphatic rings. The molecule has 1 saturated carbocycles. The highest BCUT2D eigenvalue weighted by Gasteiger charge is 2.22. The van der Waals surface area contributed by atoms with Gasteiger partial charge in [-0.25, -0.2) is 0 Å². The van der Waals surface area contributed by atoms with Gasteiger partial charge in [-0.1, -0.05) is 31.4 Å². The van der Waals surface area contributed by atoms with Gasteiger partial charge in [0.1, 0.15) is 5.75 Å². The molecule has 1 atom stereocenters. The fourth-order valence-corrected chi connectivity index (χ4v) is 3.71. The van der Waals surface area contributed by atoms with E-state index >= 15 is 0 Å². The number of rotatable bonds is 5. The lowest BCUT2D eigenvalue weighted by Crippen LogP contribution is -2.42. The second kappa shape index (κ2) is 6.59. The molecule has 1 aromatic rings. The zero-order chi connectivity index (χ0) is 13.8. The van der Waals surface area contributed by atoms with Gasteiger partial charge in [0.15, 0.2) is 0 Å². The van der Waals surface area contributed by atoms with Crippen molar-refractivity contribution in [1.29, 1.82) is 0 Å². The van der Waals surface area contributed by atoms with Crippen LogP contribution >= 0.6 is 0 Å². The number of aryl methyl sites for hydroxylation is 1. The number of benzene rings is 1. The molecule has 1 fully saturated rings. The summed E-state index contributed by atoms with van der Waals surface area (Å²) in [5.41, 5.74) is 5.86. The first-order valence-corrected chi connectivity index (χ1v) is 8.07. The van der Waals surface area contributed by atoms with Crippen LogP contribution in [0.4, 0.5) is 0 Å². The van der Waals surface area contributed by atoms with E-state index in [0.717, 1.165) is 37.5 Å². The van der Waals surface area contributed by atoms with Gasteiger partial charge in [0, 0.05) is 12.5 Å². The zero-order valence-electron chi connectivity index (χ0n) is 12.2. The molecule has 110 valence electrons. The van der Waals surface area contributed by atoms with Gasteiger partial charge in [-0.15, -0.1) is 0 Å². The molecule has 1 heterocycles. The maximum absolute atomic E-state index is 5.79. The molecule has 0 radical (unpaired) electrons. The fraction of sp³-hybridized carbons (Fsp3) is 0.647.